The fourth-order valence-corrected chi connectivity index (χ4v) is 4.05. The van der Waals surface area contributed by atoms with E-state index in [9.17, 15) is 19.5 Å². The van der Waals surface area contributed by atoms with Gasteiger partial charge in [-0.1, -0.05) is 53.8 Å². The van der Waals surface area contributed by atoms with Crippen molar-refractivity contribution < 1.29 is 19.5 Å². The third-order valence-corrected chi connectivity index (χ3v) is 5.82. The predicted octanol–water partition coefficient (Wildman–Crippen LogP) is 2.52. The molecule has 144 valence electrons. The molecule has 1 aliphatic rings. The van der Waals surface area contributed by atoms with Crippen molar-refractivity contribution in [3.63, 3.8) is 0 Å². The van der Waals surface area contributed by atoms with Crippen LogP contribution in [0.3, 0.4) is 0 Å². The van der Waals surface area contributed by atoms with Crippen LogP contribution in [0.1, 0.15) is 17.5 Å². The zero-order chi connectivity index (χ0) is 20.0. The largest absolute Gasteiger partial charge is 0.480 e. The van der Waals surface area contributed by atoms with Crippen LogP contribution in [0.4, 0.5) is 0 Å². The maximum atomic E-state index is 12.6. The molecule has 2 amide bonds. The average molecular weight is 425 g/mol. The van der Waals surface area contributed by atoms with Gasteiger partial charge in [-0.2, -0.15) is 11.8 Å². The Morgan fingerprint density at radius 2 is 2.04 bits per heavy atom. The first-order valence-electron chi connectivity index (χ1n) is 8.15. The van der Waals surface area contributed by atoms with E-state index in [0.29, 0.717) is 17.1 Å². The van der Waals surface area contributed by atoms with Crippen molar-refractivity contribution in [3.05, 3.63) is 40.3 Å². The minimum absolute atomic E-state index is 0.282. The summed E-state index contributed by atoms with van der Waals surface area (Å²) in [7, 11) is 0. The Morgan fingerprint density at radius 3 is 2.63 bits per heavy atom. The molecule has 0 radical (unpaired) electrons. The van der Waals surface area contributed by atoms with Gasteiger partial charge >= 0.3 is 5.97 Å². The van der Waals surface area contributed by atoms with Crippen LogP contribution in [0.5, 0.6) is 0 Å². The number of benzene rings is 1. The van der Waals surface area contributed by atoms with Crippen LogP contribution < -0.4 is 5.32 Å². The van der Waals surface area contributed by atoms with E-state index in [-0.39, 0.29) is 16.8 Å². The van der Waals surface area contributed by atoms with Gasteiger partial charge in [0.25, 0.3) is 5.91 Å². The van der Waals surface area contributed by atoms with Crippen LogP contribution in [0.25, 0.3) is 6.08 Å². The SMILES string of the molecule is CSCCC(NC(=O)CN1C(=O)/C(=C/c2ccc(C)cc2)SC1=S)C(=O)O. The molecule has 0 spiro atoms. The van der Waals surface area contributed by atoms with Crippen molar-refractivity contribution in [1.82, 2.24) is 10.2 Å². The maximum absolute atomic E-state index is 12.6. The smallest absolute Gasteiger partial charge is 0.326 e. The minimum atomic E-state index is -1.10. The summed E-state index contributed by atoms with van der Waals surface area (Å²) in [6, 6.07) is 6.71. The molecule has 0 bridgehead atoms. The van der Waals surface area contributed by atoms with Crippen molar-refractivity contribution in [2.45, 2.75) is 19.4 Å². The molecular weight excluding hydrogens is 404 g/mol. The van der Waals surface area contributed by atoms with E-state index < -0.39 is 17.9 Å². The highest BCUT2D eigenvalue weighted by Gasteiger charge is 2.34. The number of thioether (sulfide) groups is 2. The molecule has 1 fully saturated rings. The second-order valence-electron chi connectivity index (χ2n) is 5.92. The zero-order valence-corrected chi connectivity index (χ0v) is 17.4. The first kappa shape index (κ1) is 21.5. The predicted molar refractivity (Wildman–Crippen MR) is 114 cm³/mol. The van der Waals surface area contributed by atoms with Gasteiger partial charge in [0, 0.05) is 0 Å². The third kappa shape index (κ3) is 6.08. The van der Waals surface area contributed by atoms with Gasteiger partial charge in [0.2, 0.25) is 5.91 Å². The number of rotatable bonds is 8. The molecule has 2 N–H and O–H groups in total. The molecule has 1 atom stereocenters. The number of hydrogen-bond acceptors (Lipinski definition) is 6. The summed E-state index contributed by atoms with van der Waals surface area (Å²) in [4.78, 5) is 37.6. The van der Waals surface area contributed by atoms with Gasteiger partial charge in [0.05, 0.1) is 4.91 Å². The molecule has 1 aliphatic heterocycles. The van der Waals surface area contributed by atoms with Gasteiger partial charge in [-0.3, -0.25) is 14.5 Å². The first-order chi connectivity index (χ1) is 12.8. The molecule has 0 saturated carbocycles. The standard InChI is InChI=1S/C18H20N2O4S3/c1-11-3-5-12(6-4-11)9-14-16(22)20(18(25)27-14)10-15(21)19-13(17(23)24)7-8-26-2/h3-6,9,13H,7-8,10H2,1-2H3,(H,19,21)(H,23,24)/b14-9-. The van der Waals surface area contributed by atoms with Gasteiger partial charge < -0.3 is 10.4 Å². The number of aryl methyl sites for hydroxylation is 1. The Balaban J connectivity index is 2.03. The summed E-state index contributed by atoms with van der Waals surface area (Å²) in [5.41, 5.74) is 1.99. The number of carbonyl (C=O) groups excluding carboxylic acids is 2. The van der Waals surface area contributed by atoms with E-state index in [1.807, 2.05) is 37.4 Å². The van der Waals surface area contributed by atoms with E-state index in [1.54, 1.807) is 6.08 Å². The van der Waals surface area contributed by atoms with Crippen LogP contribution in [0.2, 0.25) is 0 Å². The third-order valence-electron chi connectivity index (χ3n) is 3.79. The molecule has 1 aromatic rings. The monoisotopic (exact) mass is 424 g/mol. The van der Waals surface area contributed by atoms with E-state index in [1.165, 1.54) is 16.7 Å². The highest BCUT2D eigenvalue weighted by Crippen LogP contribution is 2.32. The lowest BCUT2D eigenvalue weighted by Gasteiger charge is -2.17. The van der Waals surface area contributed by atoms with Gasteiger partial charge in [-0.15, -0.1) is 0 Å². The second kappa shape index (κ2) is 9.91. The van der Waals surface area contributed by atoms with Crippen molar-refractivity contribution >= 4 is 63.9 Å². The lowest BCUT2D eigenvalue weighted by Crippen LogP contribution is -2.46. The van der Waals surface area contributed by atoms with Gasteiger partial charge in [0.1, 0.15) is 16.9 Å². The fraction of sp³-hybridized carbons (Fsp3) is 0.333. The fourth-order valence-electron chi connectivity index (χ4n) is 2.33. The number of carbonyl (C=O) groups is 3. The first-order valence-corrected chi connectivity index (χ1v) is 10.8. The van der Waals surface area contributed by atoms with Crippen LogP contribution in [-0.4, -0.2) is 56.7 Å². The number of carboxylic acid groups (broad SMARTS) is 1. The minimum Gasteiger partial charge on any atom is -0.480 e. The molecule has 9 heteroatoms. The number of nitrogens with zero attached hydrogens (tertiary/aromatic N) is 1. The topological polar surface area (TPSA) is 86.7 Å². The van der Waals surface area contributed by atoms with Crippen LogP contribution in [0.15, 0.2) is 29.2 Å². The lowest BCUT2D eigenvalue weighted by atomic mass is 10.1. The van der Waals surface area contributed by atoms with Gasteiger partial charge in [-0.05, 0) is 37.0 Å². The van der Waals surface area contributed by atoms with Crippen molar-refractivity contribution in [1.29, 1.82) is 0 Å². The molecule has 1 heterocycles. The van der Waals surface area contributed by atoms with E-state index >= 15 is 0 Å². The van der Waals surface area contributed by atoms with Crippen molar-refractivity contribution in [2.24, 2.45) is 0 Å². The van der Waals surface area contributed by atoms with Crippen molar-refractivity contribution in [3.8, 4) is 0 Å². The number of amides is 2. The van der Waals surface area contributed by atoms with Crippen LogP contribution >= 0.6 is 35.7 Å². The highest BCUT2D eigenvalue weighted by molar-refractivity contribution is 8.26. The number of hydrogen-bond donors (Lipinski definition) is 2. The number of nitrogens with one attached hydrogen (secondary N) is 1. The molecule has 1 saturated heterocycles. The van der Waals surface area contributed by atoms with Crippen molar-refractivity contribution in [2.75, 3.05) is 18.6 Å². The van der Waals surface area contributed by atoms with Crippen LogP contribution in [0, 0.1) is 6.92 Å². The highest BCUT2D eigenvalue weighted by atomic mass is 32.2. The lowest BCUT2D eigenvalue weighted by molar-refractivity contribution is -0.142. The summed E-state index contributed by atoms with van der Waals surface area (Å²) < 4.78 is 0.282. The molecule has 6 nitrogen and oxygen atoms in total. The molecule has 1 aromatic carbocycles. The van der Waals surface area contributed by atoms with Gasteiger partial charge in [-0.25, -0.2) is 4.79 Å². The summed E-state index contributed by atoms with van der Waals surface area (Å²) in [5, 5.41) is 11.7. The summed E-state index contributed by atoms with van der Waals surface area (Å²) in [6.45, 7) is 1.68. The van der Waals surface area contributed by atoms with E-state index in [0.717, 1.165) is 22.9 Å². The molecular formula is C18H20N2O4S3. The molecule has 2 rings (SSSR count). The number of aliphatic carboxylic acids is 1. The zero-order valence-electron chi connectivity index (χ0n) is 14.9. The number of carboxylic acids is 1. The molecule has 0 aliphatic carbocycles. The summed E-state index contributed by atoms with van der Waals surface area (Å²) in [6.07, 6.45) is 3.91. The van der Waals surface area contributed by atoms with E-state index in [4.69, 9.17) is 12.2 Å². The molecule has 27 heavy (non-hydrogen) atoms. The van der Waals surface area contributed by atoms with Gasteiger partial charge in [0.15, 0.2) is 0 Å². The maximum Gasteiger partial charge on any atom is 0.326 e. The Kier molecular flexibility index (Phi) is 7.88. The Labute approximate surface area is 171 Å². The quantitative estimate of drug-likeness (QED) is 0.490. The Morgan fingerprint density at radius 1 is 1.37 bits per heavy atom. The molecule has 0 aromatic heterocycles. The molecule has 1 unspecified atom stereocenters. The normalized spacial score (nSPS) is 16.7. The number of thiocarbonyl (C=S) groups is 1. The Bertz CT molecular complexity index is 777. The Hall–Kier alpha value is -1.84. The summed E-state index contributed by atoms with van der Waals surface area (Å²) in [5.74, 6) is -1.38. The average Bonchev–Trinajstić information content (AvgIpc) is 2.87. The summed E-state index contributed by atoms with van der Waals surface area (Å²) >= 11 is 7.84. The van der Waals surface area contributed by atoms with E-state index in [2.05, 4.69) is 5.32 Å². The van der Waals surface area contributed by atoms with Crippen LogP contribution in [-0.2, 0) is 14.4 Å². The second-order valence-corrected chi connectivity index (χ2v) is 8.58.